The van der Waals surface area contributed by atoms with Crippen molar-refractivity contribution in [2.75, 3.05) is 23.3 Å². The molecule has 274 valence electrons. The van der Waals surface area contributed by atoms with Gasteiger partial charge in [-0.1, -0.05) is 6.42 Å². The summed E-state index contributed by atoms with van der Waals surface area (Å²) >= 11 is 0. The number of benzene rings is 1. The van der Waals surface area contributed by atoms with E-state index >= 15 is 4.39 Å². The molecule has 1 aromatic carbocycles. The van der Waals surface area contributed by atoms with Gasteiger partial charge in [-0.3, -0.25) is 14.6 Å². The van der Waals surface area contributed by atoms with Crippen LogP contribution in [0.25, 0.3) is 22.3 Å². The number of piperidine rings is 1. The topological polar surface area (TPSA) is 108 Å². The number of likely N-dealkylation sites (tertiary alicyclic amines) is 1. The number of imidazole rings is 1. The molecule has 1 saturated heterocycles. The lowest BCUT2D eigenvalue weighted by Gasteiger charge is -2.47. The summed E-state index contributed by atoms with van der Waals surface area (Å²) in [6, 6.07) is 6.97. The Morgan fingerprint density at radius 3 is 2.40 bits per heavy atom. The van der Waals surface area contributed by atoms with Gasteiger partial charge in [0.25, 0.3) is 12.3 Å². The van der Waals surface area contributed by atoms with Gasteiger partial charge < -0.3 is 25.0 Å². The van der Waals surface area contributed by atoms with Crippen LogP contribution in [-0.2, 0) is 10.2 Å². The number of pyridine rings is 2. The summed E-state index contributed by atoms with van der Waals surface area (Å²) < 4.78 is 44.8. The molecule has 0 radical (unpaired) electrons. The largest absolute Gasteiger partial charge is 0.341 e. The second-order valence-electron chi connectivity index (χ2n) is 15.9. The summed E-state index contributed by atoms with van der Waals surface area (Å²) in [6.07, 6.45) is 6.71. The molecule has 2 N–H and O–H groups in total. The van der Waals surface area contributed by atoms with Crippen molar-refractivity contribution in [2.24, 2.45) is 0 Å². The Labute approximate surface area is 301 Å². The van der Waals surface area contributed by atoms with Crippen LogP contribution in [0.2, 0.25) is 0 Å². The van der Waals surface area contributed by atoms with Gasteiger partial charge in [-0.05, 0) is 116 Å². The van der Waals surface area contributed by atoms with Gasteiger partial charge in [-0.2, -0.15) is 0 Å². The van der Waals surface area contributed by atoms with Crippen molar-refractivity contribution in [2.45, 2.75) is 115 Å². The van der Waals surface area contributed by atoms with E-state index in [4.69, 9.17) is 9.97 Å². The lowest BCUT2D eigenvalue weighted by molar-refractivity contribution is -0.123. The normalized spacial score (nSPS) is 22.2. The molecular formula is C39H45F3N8O2. The Morgan fingerprint density at radius 2 is 1.73 bits per heavy atom. The highest BCUT2D eigenvalue weighted by Crippen LogP contribution is 2.47. The summed E-state index contributed by atoms with van der Waals surface area (Å²) in [5.41, 5.74) is 2.04. The fourth-order valence-corrected chi connectivity index (χ4v) is 8.14. The first-order valence-corrected chi connectivity index (χ1v) is 18.4. The highest BCUT2D eigenvalue weighted by Gasteiger charge is 2.53. The lowest BCUT2D eigenvalue weighted by atomic mass is 9.83. The molecule has 52 heavy (non-hydrogen) atoms. The summed E-state index contributed by atoms with van der Waals surface area (Å²) in [7, 11) is 0. The number of fused-ring (bicyclic) bond motifs is 2. The van der Waals surface area contributed by atoms with Crippen LogP contribution in [0.3, 0.4) is 0 Å². The molecular weight excluding hydrogens is 669 g/mol. The number of aromatic nitrogens is 4. The highest BCUT2D eigenvalue weighted by atomic mass is 19.3. The van der Waals surface area contributed by atoms with E-state index in [9.17, 15) is 18.4 Å². The van der Waals surface area contributed by atoms with E-state index in [-0.39, 0.29) is 42.1 Å². The minimum atomic E-state index is -2.69. The van der Waals surface area contributed by atoms with Crippen molar-refractivity contribution in [1.29, 1.82) is 0 Å². The molecule has 4 aliphatic rings. The van der Waals surface area contributed by atoms with Crippen molar-refractivity contribution in [3.8, 4) is 11.3 Å². The number of rotatable bonds is 9. The summed E-state index contributed by atoms with van der Waals surface area (Å²) in [6.45, 7) is 11.7. The molecule has 4 aromatic rings. The fourth-order valence-electron chi connectivity index (χ4n) is 8.14. The molecule has 2 aliphatic carbocycles. The van der Waals surface area contributed by atoms with Crippen LogP contribution in [0.1, 0.15) is 100 Å². The molecule has 0 unspecified atom stereocenters. The predicted molar refractivity (Wildman–Crippen MR) is 194 cm³/mol. The number of carbonyl (C=O) groups is 2. The second kappa shape index (κ2) is 12.6. The number of nitrogens with one attached hydrogen (secondary N) is 2. The van der Waals surface area contributed by atoms with Crippen LogP contribution >= 0.6 is 0 Å². The summed E-state index contributed by atoms with van der Waals surface area (Å²) in [5.74, 6) is -0.959. The van der Waals surface area contributed by atoms with Gasteiger partial charge in [0.15, 0.2) is 5.82 Å². The number of nitrogens with zero attached hydrogens (tertiary/aromatic N) is 6. The van der Waals surface area contributed by atoms with E-state index in [1.54, 1.807) is 19.4 Å². The predicted octanol–water partition coefficient (Wildman–Crippen LogP) is 7.43. The van der Waals surface area contributed by atoms with Gasteiger partial charge in [-0.25, -0.2) is 23.1 Å². The molecule has 2 aliphatic heterocycles. The quantitative estimate of drug-likeness (QED) is 0.186. The average Bonchev–Trinajstić information content (AvgIpc) is 3.69. The maximum Gasteiger partial charge on any atom is 0.261 e. The molecule has 10 nitrogen and oxygen atoms in total. The summed E-state index contributed by atoms with van der Waals surface area (Å²) in [4.78, 5) is 46.1. The Kier molecular flexibility index (Phi) is 8.35. The molecule has 2 amide bonds. The maximum atomic E-state index is 15.6. The van der Waals surface area contributed by atoms with Crippen molar-refractivity contribution < 1.29 is 22.8 Å². The third-order valence-electron chi connectivity index (χ3n) is 11.6. The third kappa shape index (κ3) is 5.71. The molecule has 0 spiro atoms. The number of aryl methyl sites for hydroxylation is 1. The number of hydrogen-bond donors (Lipinski definition) is 2. The van der Waals surface area contributed by atoms with Crippen molar-refractivity contribution in [3.05, 3.63) is 59.4 Å². The highest BCUT2D eigenvalue weighted by molar-refractivity contribution is 6.08. The number of alkyl halides is 2. The number of halogens is 3. The van der Waals surface area contributed by atoms with E-state index < -0.39 is 29.1 Å². The van der Waals surface area contributed by atoms with Gasteiger partial charge in [0, 0.05) is 35.4 Å². The molecule has 5 heterocycles. The Bertz CT molecular complexity index is 2080. The lowest BCUT2D eigenvalue weighted by Crippen LogP contribution is -2.57. The van der Waals surface area contributed by atoms with Crippen molar-refractivity contribution >= 4 is 40.0 Å². The zero-order chi connectivity index (χ0) is 36.7. The van der Waals surface area contributed by atoms with E-state index in [0.717, 1.165) is 37.3 Å². The van der Waals surface area contributed by atoms with Gasteiger partial charge in [-0.15, -0.1) is 0 Å². The standard InChI is InChI=1S/C39H45F3N8O2/c1-21(2)49-20-44-30-18-28(45-34(32(30)49)46-29-17-26(22(3)13-27(29)40)35(51)47-39(9-10-39)36(41)42)23-14-31-33(43-19-23)38(4,5)37(52)50(31)25-15-24(16-25)48-11-7-6-8-12-48/h13-14,17-21,24-25,36H,6-12,15-16H2,1-5H3,(H,45,46)(H,47,51)/t24-,25+. The first kappa shape index (κ1) is 34.6. The van der Waals surface area contributed by atoms with Gasteiger partial charge in [0.2, 0.25) is 5.91 Å². The van der Waals surface area contributed by atoms with E-state index in [2.05, 4.69) is 20.5 Å². The zero-order valence-corrected chi connectivity index (χ0v) is 30.3. The third-order valence-corrected chi connectivity index (χ3v) is 11.6. The van der Waals surface area contributed by atoms with Crippen molar-refractivity contribution in [3.63, 3.8) is 0 Å². The van der Waals surface area contributed by atoms with E-state index in [1.165, 1.54) is 31.4 Å². The molecule has 0 bridgehead atoms. The number of carbonyl (C=O) groups excluding carboxylic acids is 2. The second-order valence-corrected chi connectivity index (χ2v) is 15.9. The average molecular weight is 715 g/mol. The minimum Gasteiger partial charge on any atom is -0.341 e. The zero-order valence-electron chi connectivity index (χ0n) is 30.3. The van der Waals surface area contributed by atoms with Gasteiger partial charge in [0.05, 0.1) is 40.0 Å². The van der Waals surface area contributed by atoms with Crippen LogP contribution in [0.15, 0.2) is 36.8 Å². The Hall–Kier alpha value is -4.52. The molecule has 13 heteroatoms. The first-order valence-electron chi connectivity index (χ1n) is 18.4. The SMILES string of the molecule is Cc1cc(F)c(Nc2nc(-c3cnc4c(c3)N([C@H]3C[C@@H](N5CCCCC5)C3)C(=O)C4(C)C)cc3ncn(C(C)C)c23)cc1C(=O)NC1(C(F)F)CC1. The smallest absolute Gasteiger partial charge is 0.261 e. The number of anilines is 3. The number of amides is 2. The number of hydrogen-bond acceptors (Lipinski definition) is 7. The Morgan fingerprint density at radius 1 is 1.00 bits per heavy atom. The first-order chi connectivity index (χ1) is 24.8. The minimum absolute atomic E-state index is 0.00816. The Balaban J connectivity index is 1.15. The molecule has 3 fully saturated rings. The van der Waals surface area contributed by atoms with Crippen LogP contribution in [-0.4, -0.2) is 73.4 Å². The van der Waals surface area contributed by atoms with Gasteiger partial charge in [0.1, 0.15) is 16.9 Å². The molecule has 8 rings (SSSR count). The molecule has 2 saturated carbocycles. The summed E-state index contributed by atoms with van der Waals surface area (Å²) in [5, 5.41) is 5.60. The van der Waals surface area contributed by atoms with Crippen molar-refractivity contribution in [1.82, 2.24) is 29.7 Å². The fraction of sp³-hybridized carbons (Fsp3) is 0.513. The monoisotopic (exact) mass is 714 g/mol. The van der Waals surface area contributed by atoms with Crippen LogP contribution in [0, 0.1) is 12.7 Å². The molecule has 3 aromatic heterocycles. The van der Waals surface area contributed by atoms with E-state index in [1.807, 2.05) is 49.3 Å². The van der Waals surface area contributed by atoms with Gasteiger partial charge >= 0.3 is 0 Å². The van der Waals surface area contributed by atoms with Crippen LogP contribution in [0.5, 0.6) is 0 Å². The maximum absolute atomic E-state index is 15.6. The van der Waals surface area contributed by atoms with Crippen LogP contribution < -0.4 is 15.5 Å². The van der Waals surface area contributed by atoms with E-state index in [0.29, 0.717) is 39.7 Å². The molecule has 0 atom stereocenters. The van der Waals surface area contributed by atoms with Crippen LogP contribution in [0.4, 0.5) is 30.4 Å².